The van der Waals surface area contributed by atoms with Gasteiger partial charge in [0.25, 0.3) is 5.91 Å². The second kappa shape index (κ2) is 9.84. The number of carbonyl (C=O) groups excluding carboxylic acids is 2. The van der Waals surface area contributed by atoms with E-state index in [-0.39, 0.29) is 23.5 Å². The lowest BCUT2D eigenvalue weighted by molar-refractivity contribution is 0.0601. The average Bonchev–Trinajstić information content (AvgIpc) is 3.00. The van der Waals surface area contributed by atoms with Gasteiger partial charge in [-0.05, 0) is 43.7 Å². The highest BCUT2D eigenvalue weighted by atomic mass is 32.2. The first-order valence-corrected chi connectivity index (χ1v) is 11.2. The lowest BCUT2D eigenvalue weighted by Gasteiger charge is -2.19. The smallest absolute Gasteiger partial charge is 0.341 e. The highest BCUT2D eigenvalue weighted by Gasteiger charge is 2.24. The van der Waals surface area contributed by atoms with Gasteiger partial charge in [0, 0.05) is 23.5 Å². The lowest BCUT2D eigenvalue weighted by Crippen LogP contribution is -2.31. The molecule has 1 aromatic carbocycles. The van der Waals surface area contributed by atoms with E-state index in [2.05, 4.69) is 18.5 Å². The van der Waals surface area contributed by atoms with Gasteiger partial charge in [-0.3, -0.25) is 4.79 Å². The summed E-state index contributed by atoms with van der Waals surface area (Å²) in [5.41, 5.74) is 1.32. The average molecular weight is 449 g/mol. The van der Waals surface area contributed by atoms with Crippen LogP contribution >= 0.6 is 11.3 Å². The number of nitrogens with one attached hydrogen (secondary N) is 1. The molecule has 0 spiro atoms. The number of esters is 1. The molecule has 160 valence electrons. The van der Waals surface area contributed by atoms with Crippen molar-refractivity contribution in [2.75, 3.05) is 25.5 Å². The summed E-state index contributed by atoms with van der Waals surface area (Å²) in [4.78, 5) is 25.7. The fraction of sp³-hybridized carbons (Fsp3) is 0.238. The minimum absolute atomic E-state index is 0.0563. The van der Waals surface area contributed by atoms with E-state index in [0.717, 1.165) is 10.4 Å². The van der Waals surface area contributed by atoms with E-state index >= 15 is 0 Å². The van der Waals surface area contributed by atoms with E-state index in [1.807, 2.05) is 6.92 Å². The topological polar surface area (TPSA) is 92.8 Å². The van der Waals surface area contributed by atoms with E-state index in [9.17, 15) is 18.0 Å². The lowest BCUT2D eigenvalue weighted by atomic mass is 10.1. The molecule has 7 nitrogen and oxygen atoms in total. The van der Waals surface area contributed by atoms with Crippen LogP contribution in [0.2, 0.25) is 0 Å². The maximum atomic E-state index is 12.8. The van der Waals surface area contributed by atoms with Gasteiger partial charge in [-0.2, -0.15) is 4.31 Å². The van der Waals surface area contributed by atoms with Gasteiger partial charge in [0.05, 0.1) is 17.6 Å². The molecule has 0 aliphatic heterocycles. The number of methoxy groups -OCH3 is 1. The van der Waals surface area contributed by atoms with Gasteiger partial charge >= 0.3 is 5.97 Å². The molecule has 0 saturated heterocycles. The standard InChI is InChI=1S/C21H24N2O5S2/c1-6-12-23(13-7-2)30(26,27)17-10-8-16(9-11-17)19(24)22-20-18(21(25)28-5)14(3)15(4)29-20/h6-11H,1-2,12-13H2,3-5H3,(H,22,24). The molecule has 2 aromatic rings. The number of anilines is 1. The summed E-state index contributed by atoms with van der Waals surface area (Å²) in [6.07, 6.45) is 2.99. The zero-order valence-corrected chi connectivity index (χ0v) is 18.7. The molecule has 0 radical (unpaired) electrons. The fourth-order valence-electron chi connectivity index (χ4n) is 2.72. The molecule has 1 amide bonds. The van der Waals surface area contributed by atoms with Crippen LogP contribution in [0, 0.1) is 13.8 Å². The van der Waals surface area contributed by atoms with Gasteiger partial charge in [-0.15, -0.1) is 24.5 Å². The Hall–Kier alpha value is -2.75. The van der Waals surface area contributed by atoms with Gasteiger partial charge in [0.2, 0.25) is 10.0 Å². The predicted molar refractivity (Wildman–Crippen MR) is 119 cm³/mol. The summed E-state index contributed by atoms with van der Waals surface area (Å²) in [5.74, 6) is -0.988. The number of aryl methyl sites for hydroxylation is 1. The molecule has 1 heterocycles. The summed E-state index contributed by atoms with van der Waals surface area (Å²) < 4.78 is 31.5. The Balaban J connectivity index is 2.28. The van der Waals surface area contributed by atoms with Crippen molar-refractivity contribution in [1.82, 2.24) is 4.31 Å². The SMILES string of the molecule is C=CCN(CC=C)S(=O)(=O)c1ccc(C(=O)Nc2sc(C)c(C)c2C(=O)OC)cc1. The Morgan fingerprint density at radius 2 is 1.70 bits per heavy atom. The first kappa shape index (κ1) is 23.5. The zero-order valence-electron chi connectivity index (χ0n) is 17.1. The number of rotatable bonds is 9. The molecule has 1 N–H and O–H groups in total. The first-order chi connectivity index (χ1) is 14.2. The van der Waals surface area contributed by atoms with Crippen molar-refractivity contribution in [3.63, 3.8) is 0 Å². The molecule has 9 heteroatoms. The van der Waals surface area contributed by atoms with Crippen LogP contribution in [0.1, 0.15) is 31.2 Å². The van der Waals surface area contributed by atoms with Crippen LogP contribution < -0.4 is 5.32 Å². The molecule has 0 aliphatic carbocycles. The summed E-state index contributed by atoms with van der Waals surface area (Å²) in [6, 6.07) is 5.59. The van der Waals surface area contributed by atoms with E-state index in [1.54, 1.807) is 6.92 Å². The maximum Gasteiger partial charge on any atom is 0.341 e. The molecule has 0 bridgehead atoms. The molecule has 2 rings (SSSR count). The highest BCUT2D eigenvalue weighted by Crippen LogP contribution is 2.33. The highest BCUT2D eigenvalue weighted by molar-refractivity contribution is 7.89. The Bertz CT molecular complexity index is 1060. The molecule has 1 aromatic heterocycles. The number of hydrogen-bond donors (Lipinski definition) is 1. The van der Waals surface area contributed by atoms with Crippen LogP contribution in [0.25, 0.3) is 0 Å². The third-order valence-corrected chi connectivity index (χ3v) is 7.39. The first-order valence-electron chi connectivity index (χ1n) is 8.99. The molecule has 0 fully saturated rings. The Labute approximate surface area is 180 Å². The second-order valence-electron chi connectivity index (χ2n) is 6.36. The molecule has 0 atom stereocenters. The predicted octanol–water partition coefficient (Wildman–Crippen LogP) is 3.77. The Morgan fingerprint density at radius 1 is 1.13 bits per heavy atom. The van der Waals surface area contributed by atoms with Crippen LogP contribution in [-0.4, -0.2) is 44.8 Å². The number of carbonyl (C=O) groups is 2. The van der Waals surface area contributed by atoms with Gasteiger partial charge in [0.15, 0.2) is 0 Å². The van der Waals surface area contributed by atoms with Crippen molar-refractivity contribution >= 4 is 38.2 Å². The summed E-state index contributed by atoms with van der Waals surface area (Å²) in [5, 5.41) is 3.11. The van der Waals surface area contributed by atoms with Crippen molar-refractivity contribution in [2.24, 2.45) is 0 Å². The number of nitrogens with zero attached hydrogens (tertiary/aromatic N) is 1. The Kier molecular flexibility index (Phi) is 7.71. The van der Waals surface area contributed by atoms with Crippen LogP contribution in [0.15, 0.2) is 54.5 Å². The van der Waals surface area contributed by atoms with Crippen LogP contribution in [0.3, 0.4) is 0 Å². The fourth-order valence-corrected chi connectivity index (χ4v) is 5.15. The van der Waals surface area contributed by atoms with Crippen LogP contribution in [-0.2, 0) is 14.8 Å². The molecule has 0 unspecified atom stereocenters. The quantitative estimate of drug-likeness (QED) is 0.466. The van der Waals surface area contributed by atoms with E-state index in [0.29, 0.717) is 10.6 Å². The number of thiophene rings is 1. The number of sulfonamides is 1. The van der Waals surface area contributed by atoms with Crippen molar-refractivity contribution in [2.45, 2.75) is 18.7 Å². The van der Waals surface area contributed by atoms with Crippen molar-refractivity contribution in [3.8, 4) is 0 Å². The number of benzene rings is 1. The maximum absolute atomic E-state index is 12.8. The minimum Gasteiger partial charge on any atom is -0.465 e. The molecule has 0 saturated carbocycles. The second-order valence-corrected chi connectivity index (χ2v) is 9.52. The Morgan fingerprint density at radius 3 is 2.20 bits per heavy atom. The number of amides is 1. The summed E-state index contributed by atoms with van der Waals surface area (Å²) in [6.45, 7) is 11.1. The van der Waals surface area contributed by atoms with Crippen LogP contribution in [0.4, 0.5) is 5.00 Å². The van der Waals surface area contributed by atoms with Gasteiger partial charge in [-0.25, -0.2) is 13.2 Å². The third-order valence-electron chi connectivity index (χ3n) is 4.42. The van der Waals surface area contributed by atoms with Crippen molar-refractivity contribution < 1.29 is 22.7 Å². The van der Waals surface area contributed by atoms with Gasteiger partial charge < -0.3 is 10.1 Å². The van der Waals surface area contributed by atoms with Gasteiger partial charge in [-0.1, -0.05) is 12.2 Å². The van der Waals surface area contributed by atoms with Crippen molar-refractivity contribution in [3.05, 3.63) is 71.1 Å². The zero-order chi connectivity index (χ0) is 22.5. The molecular weight excluding hydrogens is 424 g/mol. The number of ether oxygens (including phenoxy) is 1. The van der Waals surface area contributed by atoms with Crippen LogP contribution in [0.5, 0.6) is 0 Å². The monoisotopic (exact) mass is 448 g/mol. The van der Waals surface area contributed by atoms with Gasteiger partial charge in [0.1, 0.15) is 5.00 Å². The normalized spacial score (nSPS) is 11.2. The van der Waals surface area contributed by atoms with E-state index in [4.69, 9.17) is 4.74 Å². The van der Waals surface area contributed by atoms with E-state index in [1.165, 1.54) is 59.2 Å². The summed E-state index contributed by atoms with van der Waals surface area (Å²) in [7, 11) is -2.47. The van der Waals surface area contributed by atoms with Crippen molar-refractivity contribution in [1.29, 1.82) is 0 Å². The molecule has 0 aliphatic rings. The molecular formula is C21H24N2O5S2. The number of hydrogen-bond acceptors (Lipinski definition) is 6. The molecule has 30 heavy (non-hydrogen) atoms. The largest absolute Gasteiger partial charge is 0.465 e. The van der Waals surface area contributed by atoms with E-state index < -0.39 is 21.9 Å². The third kappa shape index (κ3) is 4.86. The minimum atomic E-state index is -3.75. The summed E-state index contributed by atoms with van der Waals surface area (Å²) >= 11 is 1.28.